The zero-order valence-electron chi connectivity index (χ0n) is 14.9. The number of aromatic nitrogens is 2. The van der Waals surface area contributed by atoms with Crippen LogP contribution in [0.4, 0.5) is 5.82 Å². The Hall–Kier alpha value is -1.60. The second-order valence-electron chi connectivity index (χ2n) is 6.91. The molecule has 0 saturated carbocycles. The lowest BCUT2D eigenvalue weighted by Crippen LogP contribution is -2.73. The molecule has 3 rings (SSSR count). The SMILES string of the molecule is COc1nc(N2CCC(C)([NH3+])CC2)c(CO)nc1-c1cccc(Cl)c1Cl. The van der Waals surface area contributed by atoms with Crippen LogP contribution in [0.5, 0.6) is 5.88 Å². The number of nitrogens with zero attached hydrogens (tertiary/aromatic N) is 3. The fourth-order valence-corrected chi connectivity index (χ4v) is 3.46. The summed E-state index contributed by atoms with van der Waals surface area (Å²) < 4.78 is 5.47. The lowest BCUT2D eigenvalue weighted by atomic mass is 9.91. The van der Waals surface area contributed by atoms with E-state index in [1.54, 1.807) is 18.2 Å². The fourth-order valence-electron chi connectivity index (χ4n) is 3.07. The first-order chi connectivity index (χ1) is 12.4. The highest BCUT2D eigenvalue weighted by Crippen LogP contribution is 2.38. The molecule has 1 aliphatic rings. The molecule has 1 aliphatic heterocycles. The minimum absolute atomic E-state index is 0.0711. The molecule has 1 aromatic carbocycles. The number of hydrogen-bond acceptors (Lipinski definition) is 5. The van der Waals surface area contributed by atoms with Crippen LogP contribution in [0.25, 0.3) is 11.3 Å². The Morgan fingerprint density at radius 2 is 1.96 bits per heavy atom. The third-order valence-corrected chi connectivity index (χ3v) is 5.55. The van der Waals surface area contributed by atoms with Crippen LogP contribution in [0, 0.1) is 0 Å². The first kappa shape index (κ1) is 19.2. The van der Waals surface area contributed by atoms with Gasteiger partial charge in [-0.25, -0.2) is 4.98 Å². The molecule has 8 heteroatoms. The molecule has 26 heavy (non-hydrogen) atoms. The summed E-state index contributed by atoms with van der Waals surface area (Å²) >= 11 is 12.5. The fraction of sp³-hybridized carbons (Fsp3) is 0.444. The quantitative estimate of drug-likeness (QED) is 0.827. The zero-order chi connectivity index (χ0) is 18.9. The van der Waals surface area contributed by atoms with Crippen molar-refractivity contribution in [1.29, 1.82) is 0 Å². The van der Waals surface area contributed by atoms with Gasteiger partial charge in [0.15, 0.2) is 5.82 Å². The molecule has 2 aromatic rings. The highest BCUT2D eigenvalue weighted by atomic mass is 35.5. The Morgan fingerprint density at radius 1 is 1.27 bits per heavy atom. The van der Waals surface area contributed by atoms with E-state index in [0.717, 1.165) is 25.9 Å². The number of anilines is 1. The van der Waals surface area contributed by atoms with E-state index in [1.165, 1.54) is 7.11 Å². The van der Waals surface area contributed by atoms with Crippen molar-refractivity contribution in [2.45, 2.75) is 31.9 Å². The van der Waals surface area contributed by atoms with Gasteiger partial charge in [-0.05, 0) is 13.0 Å². The van der Waals surface area contributed by atoms with Crippen molar-refractivity contribution in [3.05, 3.63) is 33.9 Å². The number of piperidine rings is 1. The first-order valence-corrected chi connectivity index (χ1v) is 9.22. The Balaban J connectivity index is 2.05. The first-order valence-electron chi connectivity index (χ1n) is 8.47. The van der Waals surface area contributed by atoms with Crippen LogP contribution in [-0.2, 0) is 6.61 Å². The lowest BCUT2D eigenvalue weighted by molar-refractivity contribution is -0.475. The smallest absolute Gasteiger partial charge is 0.242 e. The molecule has 0 atom stereocenters. The maximum absolute atomic E-state index is 9.87. The number of rotatable bonds is 4. The van der Waals surface area contributed by atoms with Crippen LogP contribution in [0.1, 0.15) is 25.5 Å². The number of halogens is 2. The second kappa shape index (κ2) is 7.56. The normalized spacial score (nSPS) is 16.6. The highest BCUT2D eigenvalue weighted by molar-refractivity contribution is 6.43. The van der Waals surface area contributed by atoms with E-state index in [2.05, 4.69) is 27.5 Å². The van der Waals surface area contributed by atoms with Crippen molar-refractivity contribution in [2.75, 3.05) is 25.1 Å². The summed E-state index contributed by atoms with van der Waals surface area (Å²) in [6.07, 6.45) is 1.90. The molecule has 0 aliphatic carbocycles. The van der Waals surface area contributed by atoms with Gasteiger partial charge in [-0.15, -0.1) is 0 Å². The Morgan fingerprint density at radius 3 is 2.58 bits per heavy atom. The van der Waals surface area contributed by atoms with E-state index >= 15 is 0 Å². The number of benzene rings is 1. The van der Waals surface area contributed by atoms with Crippen molar-refractivity contribution in [3.63, 3.8) is 0 Å². The summed E-state index contributed by atoms with van der Waals surface area (Å²) in [6, 6.07) is 5.30. The predicted octanol–water partition coefficient (Wildman–Crippen LogP) is 2.55. The zero-order valence-corrected chi connectivity index (χ0v) is 16.4. The molecule has 0 amide bonds. The minimum atomic E-state index is -0.227. The molecule has 1 aromatic heterocycles. The van der Waals surface area contributed by atoms with Crippen molar-refractivity contribution in [3.8, 4) is 17.1 Å². The maximum Gasteiger partial charge on any atom is 0.242 e. The van der Waals surface area contributed by atoms with Gasteiger partial charge in [-0.3, -0.25) is 0 Å². The molecule has 1 fully saturated rings. The van der Waals surface area contributed by atoms with Crippen LogP contribution < -0.4 is 15.4 Å². The van der Waals surface area contributed by atoms with Crippen LogP contribution in [-0.4, -0.2) is 40.8 Å². The summed E-state index contributed by atoms with van der Waals surface area (Å²) in [7, 11) is 1.54. The van der Waals surface area contributed by atoms with Crippen molar-refractivity contribution in [1.82, 2.24) is 9.97 Å². The highest BCUT2D eigenvalue weighted by Gasteiger charge is 2.31. The molecule has 4 N–H and O–H groups in total. The van der Waals surface area contributed by atoms with Gasteiger partial charge in [-0.1, -0.05) is 35.3 Å². The molecule has 0 bridgehead atoms. The second-order valence-corrected chi connectivity index (χ2v) is 7.69. The van der Waals surface area contributed by atoms with Crippen LogP contribution in [0.15, 0.2) is 18.2 Å². The summed E-state index contributed by atoms with van der Waals surface area (Å²) in [5.41, 5.74) is 5.89. The largest absolute Gasteiger partial charge is 0.479 e. The van der Waals surface area contributed by atoms with Gasteiger partial charge in [-0.2, -0.15) is 4.98 Å². The van der Waals surface area contributed by atoms with Gasteiger partial charge in [0.2, 0.25) is 5.88 Å². The number of aliphatic hydroxyl groups is 1. The number of methoxy groups -OCH3 is 1. The van der Waals surface area contributed by atoms with Crippen molar-refractivity contribution < 1.29 is 15.6 Å². The molecule has 0 spiro atoms. The number of aliphatic hydroxyl groups excluding tert-OH is 1. The predicted molar refractivity (Wildman–Crippen MR) is 103 cm³/mol. The monoisotopic (exact) mass is 397 g/mol. The molecular formula is C18H23Cl2N4O2+. The van der Waals surface area contributed by atoms with Gasteiger partial charge in [0, 0.05) is 31.5 Å². The summed E-state index contributed by atoms with van der Waals surface area (Å²) in [4.78, 5) is 11.4. The van der Waals surface area contributed by atoms with Gasteiger partial charge in [0.25, 0.3) is 0 Å². The molecule has 6 nitrogen and oxygen atoms in total. The summed E-state index contributed by atoms with van der Waals surface area (Å²) in [5, 5.41) is 10.7. The van der Waals surface area contributed by atoms with E-state index < -0.39 is 0 Å². The summed E-state index contributed by atoms with van der Waals surface area (Å²) in [5.74, 6) is 0.992. The third kappa shape index (κ3) is 3.74. The molecule has 0 unspecified atom stereocenters. The minimum Gasteiger partial charge on any atom is -0.479 e. The van der Waals surface area contributed by atoms with Gasteiger partial charge in [0.1, 0.15) is 11.4 Å². The average Bonchev–Trinajstić information content (AvgIpc) is 2.63. The number of hydrogen-bond donors (Lipinski definition) is 2. The topological polar surface area (TPSA) is 86.1 Å². The van der Waals surface area contributed by atoms with Crippen LogP contribution in [0.2, 0.25) is 10.0 Å². The van der Waals surface area contributed by atoms with Crippen molar-refractivity contribution >= 4 is 29.0 Å². The molecule has 0 radical (unpaired) electrons. The molecule has 1 saturated heterocycles. The van der Waals surface area contributed by atoms with Crippen LogP contribution >= 0.6 is 23.2 Å². The lowest BCUT2D eigenvalue weighted by Gasteiger charge is -2.35. The van der Waals surface area contributed by atoms with Gasteiger partial charge < -0.3 is 20.5 Å². The summed E-state index contributed by atoms with van der Waals surface area (Å²) in [6.45, 7) is 3.55. The Kier molecular flexibility index (Phi) is 5.58. The third-order valence-electron chi connectivity index (χ3n) is 4.73. The number of ether oxygens (including phenoxy) is 1. The maximum atomic E-state index is 9.87. The molecular weight excluding hydrogens is 375 g/mol. The van der Waals surface area contributed by atoms with E-state index in [4.69, 9.17) is 27.9 Å². The van der Waals surface area contributed by atoms with Gasteiger partial charge >= 0.3 is 0 Å². The van der Waals surface area contributed by atoms with E-state index in [9.17, 15) is 5.11 Å². The van der Waals surface area contributed by atoms with Gasteiger partial charge in [0.05, 0.1) is 29.3 Å². The van der Waals surface area contributed by atoms with E-state index in [-0.39, 0.29) is 12.1 Å². The number of quaternary nitrogens is 1. The van der Waals surface area contributed by atoms with E-state index in [0.29, 0.717) is 38.7 Å². The van der Waals surface area contributed by atoms with E-state index in [1.807, 2.05) is 0 Å². The van der Waals surface area contributed by atoms with Crippen LogP contribution in [0.3, 0.4) is 0 Å². The Bertz CT molecular complexity index is 804. The average molecular weight is 398 g/mol. The van der Waals surface area contributed by atoms with Crippen molar-refractivity contribution in [2.24, 2.45) is 0 Å². The molecule has 140 valence electrons. The standard InChI is InChI=1S/C18H22Cl2N4O2/c1-18(21)6-8-24(9-7-18)16-13(10-25)22-15(17(23-16)26-2)11-4-3-5-12(19)14(11)20/h3-5,25H,6-10,21H2,1-2H3/p+1. The molecule has 2 heterocycles. The Labute approximate surface area is 162 Å².